The van der Waals surface area contributed by atoms with Crippen LogP contribution in [0.25, 0.3) is 0 Å². The van der Waals surface area contributed by atoms with Gasteiger partial charge in [0.2, 0.25) is 0 Å². The van der Waals surface area contributed by atoms with Gasteiger partial charge < -0.3 is 10.5 Å². The summed E-state index contributed by atoms with van der Waals surface area (Å²) in [5, 5.41) is 0. The minimum atomic E-state index is -0.444. The van der Waals surface area contributed by atoms with Crippen molar-refractivity contribution in [2.24, 2.45) is 11.7 Å². The second kappa shape index (κ2) is 5.35. The van der Waals surface area contributed by atoms with Gasteiger partial charge in [0, 0.05) is 0 Å². The van der Waals surface area contributed by atoms with Crippen molar-refractivity contribution >= 4 is 5.97 Å². The van der Waals surface area contributed by atoms with Crippen LogP contribution in [0.15, 0.2) is 0 Å². The van der Waals surface area contributed by atoms with Gasteiger partial charge in [-0.25, -0.2) is 0 Å². The maximum Gasteiger partial charge on any atom is 0.323 e. The summed E-state index contributed by atoms with van der Waals surface area (Å²) in [6.07, 6.45) is 5.43. The van der Waals surface area contributed by atoms with E-state index in [4.69, 9.17) is 10.5 Å². The lowest BCUT2D eigenvalue weighted by Crippen LogP contribution is -2.39. The first-order chi connectivity index (χ1) is 6.65. The molecule has 0 radical (unpaired) electrons. The van der Waals surface area contributed by atoms with Gasteiger partial charge in [0.05, 0.1) is 0 Å². The molecule has 14 heavy (non-hydrogen) atoms. The smallest absolute Gasteiger partial charge is 0.323 e. The highest BCUT2D eigenvalue weighted by molar-refractivity contribution is 5.76. The molecule has 0 unspecified atom stereocenters. The standard InChI is InChI=1S/C11H21NO2/c1-3-8(2)10(12)11(13)14-9-6-4-5-7-9/h8-10H,3-7,12H2,1-2H3/t8-,10-/m0/s1. The number of hydrogen-bond acceptors (Lipinski definition) is 3. The zero-order chi connectivity index (χ0) is 10.6. The summed E-state index contributed by atoms with van der Waals surface area (Å²) in [5.74, 6) is -0.00449. The Bertz CT molecular complexity index is 188. The van der Waals surface area contributed by atoms with Crippen molar-refractivity contribution in [1.29, 1.82) is 0 Å². The van der Waals surface area contributed by atoms with E-state index in [9.17, 15) is 4.79 Å². The molecule has 0 amide bonds. The maximum absolute atomic E-state index is 11.6. The van der Waals surface area contributed by atoms with E-state index < -0.39 is 6.04 Å². The monoisotopic (exact) mass is 199 g/mol. The Morgan fingerprint density at radius 1 is 1.50 bits per heavy atom. The SMILES string of the molecule is CC[C@H](C)[C@H](N)C(=O)OC1CCCC1. The molecule has 0 heterocycles. The number of rotatable bonds is 4. The summed E-state index contributed by atoms with van der Waals surface area (Å²) in [6, 6.07) is -0.444. The Labute approximate surface area is 86.0 Å². The fraction of sp³-hybridized carbons (Fsp3) is 0.909. The summed E-state index contributed by atoms with van der Waals surface area (Å²) >= 11 is 0. The first-order valence-corrected chi connectivity index (χ1v) is 5.61. The number of carbonyl (C=O) groups excluding carboxylic acids is 1. The quantitative estimate of drug-likeness (QED) is 0.703. The zero-order valence-corrected chi connectivity index (χ0v) is 9.16. The van der Waals surface area contributed by atoms with Crippen molar-refractivity contribution in [3.05, 3.63) is 0 Å². The molecule has 0 aromatic heterocycles. The van der Waals surface area contributed by atoms with Crippen LogP contribution in [-0.2, 0) is 9.53 Å². The highest BCUT2D eigenvalue weighted by Gasteiger charge is 2.25. The fourth-order valence-corrected chi connectivity index (χ4v) is 1.74. The third-order valence-corrected chi connectivity index (χ3v) is 3.11. The van der Waals surface area contributed by atoms with Crippen molar-refractivity contribution in [2.75, 3.05) is 0 Å². The largest absolute Gasteiger partial charge is 0.461 e. The molecule has 1 aliphatic carbocycles. The van der Waals surface area contributed by atoms with Crippen LogP contribution in [0.3, 0.4) is 0 Å². The number of hydrogen-bond donors (Lipinski definition) is 1. The van der Waals surface area contributed by atoms with Gasteiger partial charge in [-0.05, 0) is 31.6 Å². The molecule has 1 saturated carbocycles. The molecule has 1 aliphatic rings. The lowest BCUT2D eigenvalue weighted by atomic mass is 10.0. The molecule has 0 aromatic rings. The van der Waals surface area contributed by atoms with Crippen LogP contribution in [0.2, 0.25) is 0 Å². The van der Waals surface area contributed by atoms with E-state index in [0.717, 1.165) is 19.3 Å². The van der Waals surface area contributed by atoms with Crippen LogP contribution in [0.1, 0.15) is 46.0 Å². The molecule has 1 fully saturated rings. The van der Waals surface area contributed by atoms with Gasteiger partial charge in [-0.2, -0.15) is 0 Å². The lowest BCUT2D eigenvalue weighted by molar-refractivity contribution is -0.151. The normalized spacial score (nSPS) is 21.9. The number of esters is 1. The van der Waals surface area contributed by atoms with Crippen LogP contribution in [0, 0.1) is 5.92 Å². The molecule has 2 atom stereocenters. The summed E-state index contributed by atoms with van der Waals surface area (Å²) in [7, 11) is 0. The predicted octanol–water partition coefficient (Wildman–Crippen LogP) is 1.85. The number of nitrogens with two attached hydrogens (primary N) is 1. The summed E-state index contributed by atoms with van der Waals surface area (Å²) in [4.78, 5) is 11.6. The van der Waals surface area contributed by atoms with E-state index in [1.165, 1.54) is 12.8 Å². The summed E-state index contributed by atoms with van der Waals surface area (Å²) < 4.78 is 5.33. The maximum atomic E-state index is 11.6. The van der Waals surface area contributed by atoms with Crippen LogP contribution < -0.4 is 5.73 Å². The van der Waals surface area contributed by atoms with E-state index >= 15 is 0 Å². The van der Waals surface area contributed by atoms with Gasteiger partial charge >= 0.3 is 5.97 Å². The van der Waals surface area contributed by atoms with Gasteiger partial charge in [0.1, 0.15) is 12.1 Å². The Morgan fingerprint density at radius 3 is 2.57 bits per heavy atom. The van der Waals surface area contributed by atoms with Gasteiger partial charge in [-0.3, -0.25) is 4.79 Å². The van der Waals surface area contributed by atoms with E-state index in [2.05, 4.69) is 0 Å². The molecule has 0 bridgehead atoms. The molecular weight excluding hydrogens is 178 g/mol. The Hall–Kier alpha value is -0.570. The number of carbonyl (C=O) groups is 1. The molecule has 2 N–H and O–H groups in total. The number of ether oxygens (including phenoxy) is 1. The van der Waals surface area contributed by atoms with Gasteiger partial charge in [0.25, 0.3) is 0 Å². The predicted molar refractivity (Wildman–Crippen MR) is 55.8 cm³/mol. The molecular formula is C11H21NO2. The van der Waals surface area contributed by atoms with Crippen LogP contribution in [0.4, 0.5) is 0 Å². The summed E-state index contributed by atoms with van der Waals surface area (Å²) in [6.45, 7) is 4.02. The topological polar surface area (TPSA) is 52.3 Å². The third kappa shape index (κ3) is 2.98. The van der Waals surface area contributed by atoms with Crippen molar-refractivity contribution in [2.45, 2.75) is 58.1 Å². The van der Waals surface area contributed by atoms with Crippen molar-refractivity contribution in [1.82, 2.24) is 0 Å². The molecule has 0 saturated heterocycles. The fourth-order valence-electron chi connectivity index (χ4n) is 1.74. The third-order valence-electron chi connectivity index (χ3n) is 3.11. The van der Waals surface area contributed by atoms with Gasteiger partial charge in [0.15, 0.2) is 0 Å². The minimum Gasteiger partial charge on any atom is -0.461 e. The van der Waals surface area contributed by atoms with Crippen LogP contribution >= 0.6 is 0 Å². The highest BCUT2D eigenvalue weighted by atomic mass is 16.5. The van der Waals surface area contributed by atoms with Crippen LogP contribution in [0.5, 0.6) is 0 Å². The molecule has 1 rings (SSSR count). The molecule has 0 spiro atoms. The first-order valence-electron chi connectivity index (χ1n) is 5.61. The molecule has 0 aliphatic heterocycles. The van der Waals surface area contributed by atoms with E-state index in [1.807, 2.05) is 13.8 Å². The Kier molecular flexibility index (Phi) is 4.39. The van der Waals surface area contributed by atoms with Gasteiger partial charge in [-0.15, -0.1) is 0 Å². The highest BCUT2D eigenvalue weighted by Crippen LogP contribution is 2.21. The van der Waals surface area contributed by atoms with Crippen molar-refractivity contribution in [3.63, 3.8) is 0 Å². The minimum absolute atomic E-state index is 0.137. The average molecular weight is 199 g/mol. The van der Waals surface area contributed by atoms with Gasteiger partial charge in [-0.1, -0.05) is 20.3 Å². The molecule has 0 aromatic carbocycles. The average Bonchev–Trinajstić information content (AvgIpc) is 2.68. The molecule has 3 heteroatoms. The zero-order valence-electron chi connectivity index (χ0n) is 9.16. The first kappa shape index (κ1) is 11.5. The summed E-state index contributed by atoms with van der Waals surface area (Å²) in [5.41, 5.74) is 5.77. The second-order valence-corrected chi connectivity index (χ2v) is 4.25. The van der Waals surface area contributed by atoms with E-state index in [1.54, 1.807) is 0 Å². The second-order valence-electron chi connectivity index (χ2n) is 4.25. The Morgan fingerprint density at radius 2 is 2.07 bits per heavy atom. The lowest BCUT2D eigenvalue weighted by Gasteiger charge is -2.19. The van der Waals surface area contributed by atoms with E-state index in [-0.39, 0.29) is 18.0 Å². The molecule has 3 nitrogen and oxygen atoms in total. The van der Waals surface area contributed by atoms with E-state index in [0.29, 0.717) is 0 Å². The van der Waals surface area contributed by atoms with Crippen molar-refractivity contribution in [3.8, 4) is 0 Å². The Balaban J connectivity index is 2.32. The van der Waals surface area contributed by atoms with Crippen LogP contribution in [-0.4, -0.2) is 18.1 Å². The van der Waals surface area contributed by atoms with Crippen molar-refractivity contribution < 1.29 is 9.53 Å². The molecule has 82 valence electrons.